The summed E-state index contributed by atoms with van der Waals surface area (Å²) in [4.78, 5) is 28.0. The third kappa shape index (κ3) is 5.75. The Morgan fingerprint density at radius 2 is 1.78 bits per heavy atom. The van der Waals surface area contributed by atoms with E-state index in [9.17, 15) is 18.0 Å². The van der Waals surface area contributed by atoms with Gasteiger partial charge in [0.1, 0.15) is 6.04 Å². The summed E-state index contributed by atoms with van der Waals surface area (Å²) in [6.07, 6.45) is 2.24. The van der Waals surface area contributed by atoms with Gasteiger partial charge in [0.05, 0.1) is 10.6 Å². The van der Waals surface area contributed by atoms with E-state index in [2.05, 4.69) is 5.32 Å². The number of hydrogen-bond acceptors (Lipinski definition) is 4. The number of unbranched alkanes of at least 4 members (excludes halogenated alkanes) is 1. The van der Waals surface area contributed by atoms with Gasteiger partial charge in [-0.25, -0.2) is 8.42 Å². The van der Waals surface area contributed by atoms with Gasteiger partial charge in [-0.3, -0.25) is 13.9 Å². The van der Waals surface area contributed by atoms with Crippen LogP contribution in [-0.4, -0.2) is 44.3 Å². The third-order valence-electron chi connectivity index (χ3n) is 6.67. The largest absolute Gasteiger partial charge is 0.354 e. The first-order valence-corrected chi connectivity index (χ1v) is 14.4. The average molecular weight is 542 g/mol. The van der Waals surface area contributed by atoms with Crippen molar-refractivity contribution in [1.82, 2.24) is 10.2 Å². The number of amides is 2. The quantitative estimate of drug-likeness (QED) is 0.341. The number of carbonyl (C=O) groups excluding carboxylic acids is 2. The SMILES string of the molecule is CCCCNC(=O)C(C)N(Cc1cccc(Cl)c1)C(=O)CCCN1c2cccc3cccc(c23)S1(=O)=O. The lowest BCUT2D eigenvalue weighted by Gasteiger charge is -2.29. The van der Waals surface area contributed by atoms with Crippen LogP contribution in [0.25, 0.3) is 10.8 Å². The molecule has 0 aromatic heterocycles. The lowest BCUT2D eigenvalue weighted by molar-refractivity contribution is -0.140. The molecule has 0 bridgehead atoms. The number of hydrogen-bond donors (Lipinski definition) is 1. The van der Waals surface area contributed by atoms with Gasteiger partial charge in [-0.05, 0) is 55.0 Å². The van der Waals surface area contributed by atoms with Crippen LogP contribution in [0.4, 0.5) is 5.69 Å². The van der Waals surface area contributed by atoms with Crippen LogP contribution in [0.3, 0.4) is 0 Å². The first-order valence-electron chi connectivity index (χ1n) is 12.6. The summed E-state index contributed by atoms with van der Waals surface area (Å²) in [5.74, 6) is -0.432. The highest BCUT2D eigenvalue weighted by Crippen LogP contribution is 2.42. The Morgan fingerprint density at radius 1 is 1.05 bits per heavy atom. The predicted molar refractivity (Wildman–Crippen MR) is 147 cm³/mol. The lowest BCUT2D eigenvalue weighted by atomic mass is 10.1. The van der Waals surface area contributed by atoms with Crippen molar-refractivity contribution < 1.29 is 18.0 Å². The monoisotopic (exact) mass is 541 g/mol. The second-order valence-corrected chi connectivity index (χ2v) is 11.6. The van der Waals surface area contributed by atoms with Crippen molar-refractivity contribution in [3.63, 3.8) is 0 Å². The van der Waals surface area contributed by atoms with Crippen LogP contribution < -0.4 is 9.62 Å². The second kappa shape index (κ2) is 11.5. The molecule has 37 heavy (non-hydrogen) atoms. The van der Waals surface area contributed by atoms with Crippen molar-refractivity contribution in [1.29, 1.82) is 0 Å². The Bertz CT molecular complexity index is 1400. The molecule has 1 N–H and O–H groups in total. The summed E-state index contributed by atoms with van der Waals surface area (Å²) >= 11 is 6.14. The maximum Gasteiger partial charge on any atom is 0.265 e. The van der Waals surface area contributed by atoms with Crippen LogP contribution in [0, 0.1) is 0 Å². The van der Waals surface area contributed by atoms with E-state index in [0.29, 0.717) is 28.6 Å². The maximum atomic E-state index is 13.4. The van der Waals surface area contributed by atoms with Crippen molar-refractivity contribution in [3.8, 4) is 0 Å². The molecule has 2 amide bonds. The van der Waals surface area contributed by atoms with E-state index >= 15 is 0 Å². The van der Waals surface area contributed by atoms with Gasteiger partial charge >= 0.3 is 0 Å². The van der Waals surface area contributed by atoms with Crippen LogP contribution in [0.1, 0.15) is 45.1 Å². The molecule has 0 saturated carbocycles. The van der Waals surface area contributed by atoms with E-state index in [-0.39, 0.29) is 31.3 Å². The maximum absolute atomic E-state index is 13.4. The van der Waals surface area contributed by atoms with Gasteiger partial charge in [-0.15, -0.1) is 0 Å². The van der Waals surface area contributed by atoms with Gasteiger partial charge in [0, 0.05) is 36.5 Å². The summed E-state index contributed by atoms with van der Waals surface area (Å²) in [5, 5.41) is 5.04. The standard InChI is InChI=1S/C28H32ClN3O4S/c1-3-4-16-30-28(34)20(2)31(19-21-9-5-12-23(29)18-21)26(33)15-8-17-32-24-13-6-10-22-11-7-14-25(27(22)24)37(32,35)36/h5-7,9-14,18,20H,3-4,8,15-17,19H2,1-2H3,(H,30,34). The molecule has 1 heterocycles. The van der Waals surface area contributed by atoms with Crippen LogP contribution in [0.2, 0.25) is 5.02 Å². The summed E-state index contributed by atoms with van der Waals surface area (Å²) in [7, 11) is -3.68. The molecule has 0 aliphatic carbocycles. The molecule has 1 unspecified atom stereocenters. The van der Waals surface area contributed by atoms with E-state index in [1.54, 1.807) is 42.2 Å². The van der Waals surface area contributed by atoms with Gasteiger partial charge in [0.2, 0.25) is 11.8 Å². The van der Waals surface area contributed by atoms with Crippen molar-refractivity contribution >= 4 is 49.9 Å². The molecule has 0 radical (unpaired) electrons. The topological polar surface area (TPSA) is 86.8 Å². The number of nitrogens with one attached hydrogen (secondary N) is 1. The van der Waals surface area contributed by atoms with Gasteiger partial charge in [0.15, 0.2) is 0 Å². The zero-order valence-electron chi connectivity index (χ0n) is 21.1. The van der Waals surface area contributed by atoms with E-state index < -0.39 is 16.1 Å². The second-order valence-electron chi connectivity index (χ2n) is 9.28. The van der Waals surface area contributed by atoms with Crippen molar-refractivity contribution in [2.75, 3.05) is 17.4 Å². The highest BCUT2D eigenvalue weighted by atomic mass is 35.5. The Morgan fingerprint density at radius 3 is 2.51 bits per heavy atom. The molecule has 9 heteroatoms. The van der Waals surface area contributed by atoms with E-state index in [1.807, 2.05) is 37.3 Å². The molecule has 4 rings (SSSR count). The summed E-state index contributed by atoms with van der Waals surface area (Å²) < 4.78 is 27.9. The Hall–Kier alpha value is -3.10. The van der Waals surface area contributed by atoms with Crippen LogP contribution in [0.15, 0.2) is 65.6 Å². The fourth-order valence-corrected chi connectivity index (χ4v) is 6.63. The molecular formula is C28H32ClN3O4S. The minimum atomic E-state index is -3.68. The number of rotatable bonds is 11. The van der Waals surface area contributed by atoms with Crippen molar-refractivity contribution in [2.45, 2.75) is 57.0 Å². The van der Waals surface area contributed by atoms with Crippen LogP contribution in [-0.2, 0) is 26.2 Å². The average Bonchev–Trinajstić information content (AvgIpc) is 3.10. The first-order chi connectivity index (χ1) is 17.7. The number of nitrogens with zero attached hydrogens (tertiary/aromatic N) is 2. The van der Waals surface area contributed by atoms with Crippen LogP contribution in [0.5, 0.6) is 0 Å². The molecule has 1 atom stereocenters. The van der Waals surface area contributed by atoms with Gasteiger partial charge in [0.25, 0.3) is 10.0 Å². The van der Waals surface area contributed by atoms with Gasteiger partial charge in [-0.1, -0.05) is 61.3 Å². The number of carbonyl (C=O) groups is 2. The molecule has 0 spiro atoms. The zero-order chi connectivity index (χ0) is 26.6. The molecule has 196 valence electrons. The minimum Gasteiger partial charge on any atom is -0.354 e. The smallest absolute Gasteiger partial charge is 0.265 e. The molecule has 3 aromatic rings. The Balaban J connectivity index is 1.48. The molecular weight excluding hydrogens is 510 g/mol. The first kappa shape index (κ1) is 26.9. The van der Waals surface area contributed by atoms with Gasteiger partial charge in [-0.2, -0.15) is 0 Å². The minimum absolute atomic E-state index is 0.103. The third-order valence-corrected chi connectivity index (χ3v) is 8.76. The van der Waals surface area contributed by atoms with E-state index in [1.165, 1.54) is 4.31 Å². The van der Waals surface area contributed by atoms with Crippen molar-refractivity contribution in [3.05, 3.63) is 71.2 Å². The predicted octanol–water partition coefficient (Wildman–Crippen LogP) is 5.12. The summed E-state index contributed by atoms with van der Waals surface area (Å²) in [5.41, 5.74) is 1.46. The fourth-order valence-electron chi connectivity index (χ4n) is 4.67. The van der Waals surface area contributed by atoms with E-state index in [0.717, 1.165) is 29.2 Å². The lowest BCUT2D eigenvalue weighted by Crippen LogP contribution is -2.47. The highest BCUT2D eigenvalue weighted by Gasteiger charge is 2.35. The Kier molecular flexibility index (Phi) is 8.39. The number of sulfonamides is 1. The number of anilines is 1. The molecule has 7 nitrogen and oxygen atoms in total. The van der Waals surface area contributed by atoms with Gasteiger partial charge < -0.3 is 10.2 Å². The van der Waals surface area contributed by atoms with E-state index in [4.69, 9.17) is 11.6 Å². The van der Waals surface area contributed by atoms with Crippen LogP contribution >= 0.6 is 11.6 Å². The summed E-state index contributed by atoms with van der Waals surface area (Å²) in [6, 6.07) is 17.3. The number of benzene rings is 3. The zero-order valence-corrected chi connectivity index (χ0v) is 22.7. The molecule has 1 aliphatic rings. The normalized spacial score (nSPS) is 14.5. The molecule has 3 aromatic carbocycles. The fraction of sp³-hybridized carbons (Fsp3) is 0.357. The molecule has 0 saturated heterocycles. The highest BCUT2D eigenvalue weighted by molar-refractivity contribution is 7.93. The van der Waals surface area contributed by atoms with Crippen molar-refractivity contribution in [2.24, 2.45) is 0 Å². The Labute approximate surface area is 223 Å². The number of halogens is 1. The molecule has 1 aliphatic heterocycles. The molecule has 0 fully saturated rings. The summed E-state index contributed by atoms with van der Waals surface area (Å²) in [6.45, 7) is 4.71.